The molecule has 1 N–H and O–H groups in total. The summed E-state index contributed by atoms with van der Waals surface area (Å²) in [6.07, 6.45) is 2.09. The Hall–Kier alpha value is -2.83. The van der Waals surface area contributed by atoms with E-state index in [0.29, 0.717) is 23.7 Å². The highest BCUT2D eigenvalue weighted by Gasteiger charge is 2.30. The van der Waals surface area contributed by atoms with Crippen molar-refractivity contribution in [3.05, 3.63) is 99.0 Å². The normalized spacial score (nSPS) is 11.6. The summed E-state index contributed by atoms with van der Waals surface area (Å²) < 4.78 is 6.70. The van der Waals surface area contributed by atoms with Gasteiger partial charge in [-0.2, -0.15) is 0 Å². The number of nitrogens with one attached hydrogen (secondary N) is 1. The molecule has 190 valence electrons. The molecular weight excluding hydrogens is 540 g/mol. The van der Waals surface area contributed by atoms with Crippen molar-refractivity contribution in [3.63, 3.8) is 0 Å². The maximum absolute atomic E-state index is 13.6. The number of ether oxygens (including phenoxy) is 1. The molecule has 1 atom stereocenters. The molecule has 0 aliphatic heterocycles. The molecule has 3 rings (SSSR count). The minimum Gasteiger partial charge on any atom is -0.483 e. The van der Waals surface area contributed by atoms with Crippen molar-refractivity contribution < 1.29 is 14.3 Å². The Kier molecular flexibility index (Phi) is 10.8. The number of aryl methyl sites for hydroxylation is 1. The Morgan fingerprint density at radius 3 is 2.39 bits per heavy atom. The van der Waals surface area contributed by atoms with E-state index in [1.54, 1.807) is 11.0 Å². The van der Waals surface area contributed by atoms with Gasteiger partial charge in [-0.3, -0.25) is 9.59 Å². The number of halogens is 2. The number of rotatable bonds is 12. The van der Waals surface area contributed by atoms with Crippen molar-refractivity contribution in [2.45, 2.75) is 45.7 Å². The maximum atomic E-state index is 13.6. The average molecular weight is 572 g/mol. The number of hydrogen-bond acceptors (Lipinski definition) is 3. The molecular formula is C29H32BrClN2O3. The molecule has 0 bridgehead atoms. The molecule has 2 amide bonds. The minimum atomic E-state index is -0.708. The second-order valence-corrected chi connectivity index (χ2v) is 9.85. The lowest BCUT2D eigenvalue weighted by atomic mass is 10.0. The van der Waals surface area contributed by atoms with E-state index in [0.717, 1.165) is 28.4 Å². The van der Waals surface area contributed by atoms with Gasteiger partial charge < -0.3 is 15.0 Å². The van der Waals surface area contributed by atoms with Gasteiger partial charge in [-0.1, -0.05) is 74.0 Å². The molecule has 3 aromatic carbocycles. The Bertz CT molecular complexity index is 1160. The Balaban J connectivity index is 1.89. The summed E-state index contributed by atoms with van der Waals surface area (Å²) >= 11 is 9.75. The van der Waals surface area contributed by atoms with E-state index < -0.39 is 6.04 Å². The van der Waals surface area contributed by atoms with Crippen LogP contribution < -0.4 is 10.1 Å². The van der Waals surface area contributed by atoms with Crippen molar-refractivity contribution in [3.8, 4) is 5.75 Å². The van der Waals surface area contributed by atoms with Gasteiger partial charge in [0.05, 0.1) is 4.47 Å². The third kappa shape index (κ3) is 8.10. The fourth-order valence-electron chi connectivity index (χ4n) is 3.86. The van der Waals surface area contributed by atoms with Crippen LogP contribution in [0.3, 0.4) is 0 Å². The molecule has 0 unspecified atom stereocenters. The lowest BCUT2D eigenvalue weighted by molar-refractivity contribution is -0.142. The first-order chi connectivity index (χ1) is 17.4. The van der Waals surface area contributed by atoms with E-state index in [4.69, 9.17) is 16.3 Å². The lowest BCUT2D eigenvalue weighted by Gasteiger charge is -2.31. The third-order valence-electron chi connectivity index (χ3n) is 5.82. The summed E-state index contributed by atoms with van der Waals surface area (Å²) in [4.78, 5) is 28.5. The van der Waals surface area contributed by atoms with Crippen LogP contribution in [0.4, 0.5) is 0 Å². The highest BCUT2D eigenvalue weighted by atomic mass is 79.9. The van der Waals surface area contributed by atoms with Gasteiger partial charge in [0.2, 0.25) is 5.91 Å². The topological polar surface area (TPSA) is 58.6 Å². The van der Waals surface area contributed by atoms with Crippen LogP contribution in [0.25, 0.3) is 0 Å². The van der Waals surface area contributed by atoms with Gasteiger partial charge >= 0.3 is 0 Å². The van der Waals surface area contributed by atoms with Crippen LogP contribution in [0.1, 0.15) is 37.0 Å². The van der Waals surface area contributed by atoms with E-state index in [2.05, 4.69) is 28.2 Å². The molecule has 3 aromatic rings. The zero-order chi connectivity index (χ0) is 25.9. The summed E-state index contributed by atoms with van der Waals surface area (Å²) in [5.74, 6) is 0.108. The minimum absolute atomic E-state index is 0.190. The van der Waals surface area contributed by atoms with Gasteiger partial charge in [-0.05, 0) is 69.7 Å². The van der Waals surface area contributed by atoms with Crippen LogP contribution in [-0.4, -0.2) is 35.9 Å². The highest BCUT2D eigenvalue weighted by molar-refractivity contribution is 9.10. The standard InChI is InChI=1S/C29H32BrClN2O3/c1-3-15-32-29(35)26(18-22-9-6-5-7-10-22)33(19-23-11-8-12-24(31)16-23)28(34)20-36-27-14-13-21(4-2)17-25(27)30/h5-14,16-17,26H,3-4,15,18-20H2,1-2H3,(H,32,35)/t26-/m1/s1. The van der Waals surface area contributed by atoms with E-state index in [9.17, 15) is 9.59 Å². The molecule has 0 spiro atoms. The molecule has 0 aromatic heterocycles. The van der Waals surface area contributed by atoms with Crippen LogP contribution in [0.15, 0.2) is 77.3 Å². The van der Waals surface area contributed by atoms with Gasteiger partial charge in [0.15, 0.2) is 6.61 Å². The molecule has 0 saturated heterocycles. The first-order valence-corrected chi connectivity index (χ1v) is 13.3. The number of nitrogens with zero attached hydrogens (tertiary/aromatic N) is 1. The molecule has 5 nitrogen and oxygen atoms in total. The number of carbonyl (C=O) groups excluding carboxylic acids is 2. The summed E-state index contributed by atoms with van der Waals surface area (Å²) in [6, 6.07) is 22.2. The predicted molar refractivity (Wildman–Crippen MR) is 148 cm³/mol. The van der Waals surface area contributed by atoms with Crippen molar-refractivity contribution in [2.75, 3.05) is 13.2 Å². The first kappa shape index (κ1) is 27.8. The second-order valence-electron chi connectivity index (χ2n) is 8.56. The van der Waals surface area contributed by atoms with Gasteiger partial charge in [0.25, 0.3) is 5.91 Å². The van der Waals surface area contributed by atoms with Gasteiger partial charge in [0, 0.05) is 24.5 Å². The monoisotopic (exact) mass is 570 g/mol. The Morgan fingerprint density at radius 2 is 1.72 bits per heavy atom. The van der Waals surface area contributed by atoms with Gasteiger partial charge in [-0.15, -0.1) is 0 Å². The van der Waals surface area contributed by atoms with E-state index in [1.807, 2.05) is 73.7 Å². The quantitative estimate of drug-likeness (QED) is 0.281. The second kappa shape index (κ2) is 14.0. The molecule has 7 heteroatoms. The molecule has 0 fully saturated rings. The molecule has 0 aliphatic carbocycles. The number of hydrogen-bond donors (Lipinski definition) is 1. The van der Waals surface area contributed by atoms with E-state index in [1.165, 1.54) is 5.56 Å². The van der Waals surface area contributed by atoms with Crippen molar-refractivity contribution >= 4 is 39.3 Å². The van der Waals surface area contributed by atoms with Crippen molar-refractivity contribution in [1.82, 2.24) is 10.2 Å². The Morgan fingerprint density at radius 1 is 0.972 bits per heavy atom. The van der Waals surface area contributed by atoms with Crippen LogP contribution in [0.2, 0.25) is 5.02 Å². The largest absolute Gasteiger partial charge is 0.483 e. The lowest BCUT2D eigenvalue weighted by Crippen LogP contribution is -2.51. The SMILES string of the molecule is CCCNC(=O)[C@@H](Cc1ccccc1)N(Cc1cccc(Cl)c1)C(=O)COc1ccc(CC)cc1Br. The van der Waals surface area contributed by atoms with E-state index >= 15 is 0 Å². The fraction of sp³-hybridized carbons (Fsp3) is 0.310. The van der Waals surface area contributed by atoms with Crippen LogP contribution in [-0.2, 0) is 29.0 Å². The number of carbonyl (C=O) groups is 2. The highest BCUT2D eigenvalue weighted by Crippen LogP contribution is 2.26. The van der Waals surface area contributed by atoms with E-state index in [-0.39, 0.29) is 25.0 Å². The maximum Gasteiger partial charge on any atom is 0.261 e. The fourth-order valence-corrected chi connectivity index (χ4v) is 4.61. The van der Waals surface area contributed by atoms with Gasteiger partial charge in [-0.25, -0.2) is 0 Å². The first-order valence-electron chi connectivity index (χ1n) is 12.2. The smallest absolute Gasteiger partial charge is 0.261 e. The summed E-state index contributed by atoms with van der Waals surface area (Å²) in [5, 5.41) is 3.55. The molecule has 0 radical (unpaired) electrons. The van der Waals surface area contributed by atoms with Crippen LogP contribution in [0, 0.1) is 0 Å². The van der Waals surface area contributed by atoms with Crippen LogP contribution >= 0.6 is 27.5 Å². The summed E-state index contributed by atoms with van der Waals surface area (Å²) in [6.45, 7) is 4.65. The third-order valence-corrected chi connectivity index (χ3v) is 6.67. The zero-order valence-corrected chi connectivity index (χ0v) is 23.0. The van der Waals surface area contributed by atoms with Crippen LogP contribution in [0.5, 0.6) is 5.75 Å². The average Bonchev–Trinajstić information content (AvgIpc) is 2.89. The summed E-state index contributed by atoms with van der Waals surface area (Å²) in [7, 11) is 0. The zero-order valence-electron chi connectivity index (χ0n) is 20.7. The molecule has 0 heterocycles. The number of amides is 2. The summed E-state index contributed by atoms with van der Waals surface area (Å²) in [5.41, 5.74) is 2.97. The van der Waals surface area contributed by atoms with Gasteiger partial charge in [0.1, 0.15) is 11.8 Å². The molecule has 36 heavy (non-hydrogen) atoms. The molecule has 0 aliphatic rings. The van der Waals surface area contributed by atoms with Crippen molar-refractivity contribution in [2.24, 2.45) is 0 Å². The van der Waals surface area contributed by atoms with Crippen molar-refractivity contribution in [1.29, 1.82) is 0 Å². The number of benzene rings is 3. The molecule has 0 saturated carbocycles. The predicted octanol–water partition coefficient (Wildman–Crippen LogP) is 6.21. The Labute approximate surface area is 226 Å².